The highest BCUT2D eigenvalue weighted by atomic mass is 16.5. The second kappa shape index (κ2) is 5.59. The summed E-state index contributed by atoms with van der Waals surface area (Å²) in [5.41, 5.74) is 1.75. The van der Waals surface area contributed by atoms with Crippen molar-refractivity contribution in [1.82, 2.24) is 19.5 Å². The van der Waals surface area contributed by atoms with E-state index in [1.807, 2.05) is 17.7 Å². The number of aromatic nitrogens is 4. The van der Waals surface area contributed by atoms with Gasteiger partial charge in [-0.25, -0.2) is 15.0 Å². The highest BCUT2D eigenvalue weighted by molar-refractivity contribution is 5.52. The lowest BCUT2D eigenvalue weighted by atomic mass is 10.3. The molecule has 6 heteroatoms. The van der Waals surface area contributed by atoms with E-state index in [1.54, 1.807) is 19.6 Å². The van der Waals surface area contributed by atoms with Gasteiger partial charge in [0.1, 0.15) is 11.5 Å². The Labute approximate surface area is 106 Å². The molecule has 96 valence electrons. The third kappa shape index (κ3) is 2.48. The van der Waals surface area contributed by atoms with E-state index in [-0.39, 0.29) is 0 Å². The summed E-state index contributed by atoms with van der Waals surface area (Å²) in [6.07, 6.45) is 3.55. The third-order valence-electron chi connectivity index (χ3n) is 2.61. The fourth-order valence-corrected chi connectivity index (χ4v) is 1.72. The number of nitrogens with one attached hydrogen (secondary N) is 1. The molecule has 0 radical (unpaired) electrons. The smallest absolute Gasteiger partial charge is 0.180 e. The average Bonchev–Trinajstić information content (AvgIpc) is 2.87. The Bertz CT molecular complexity index is 523. The normalized spacial score (nSPS) is 10.6. The van der Waals surface area contributed by atoms with Crippen LogP contribution in [0.1, 0.15) is 12.6 Å². The molecular formula is C12H17N5O. The van der Waals surface area contributed by atoms with Crippen molar-refractivity contribution in [3.63, 3.8) is 0 Å². The van der Waals surface area contributed by atoms with Gasteiger partial charge in [-0.2, -0.15) is 0 Å². The number of imidazole rings is 1. The van der Waals surface area contributed by atoms with Crippen LogP contribution < -0.4 is 5.32 Å². The quantitative estimate of drug-likeness (QED) is 0.868. The number of rotatable bonds is 5. The van der Waals surface area contributed by atoms with Gasteiger partial charge in [-0.05, 0) is 6.92 Å². The van der Waals surface area contributed by atoms with Crippen LogP contribution in [0.15, 0.2) is 18.6 Å². The minimum Gasteiger partial charge on any atom is -0.378 e. The molecule has 2 aromatic rings. The fourth-order valence-electron chi connectivity index (χ4n) is 1.72. The van der Waals surface area contributed by atoms with Crippen LogP contribution in [0, 0.1) is 0 Å². The molecule has 0 atom stereocenters. The van der Waals surface area contributed by atoms with Crippen molar-refractivity contribution in [2.75, 3.05) is 19.5 Å². The number of hydrogen-bond donors (Lipinski definition) is 1. The highest BCUT2D eigenvalue weighted by Crippen LogP contribution is 2.18. The van der Waals surface area contributed by atoms with Crippen LogP contribution in [0.3, 0.4) is 0 Å². The summed E-state index contributed by atoms with van der Waals surface area (Å²) in [6.45, 7) is 3.36. The summed E-state index contributed by atoms with van der Waals surface area (Å²) >= 11 is 0. The first-order valence-corrected chi connectivity index (χ1v) is 5.83. The summed E-state index contributed by atoms with van der Waals surface area (Å²) in [5, 5.41) is 3.03. The zero-order valence-electron chi connectivity index (χ0n) is 10.8. The number of anilines is 1. The van der Waals surface area contributed by atoms with E-state index >= 15 is 0 Å². The van der Waals surface area contributed by atoms with Crippen LogP contribution in [0.25, 0.3) is 11.5 Å². The molecular weight excluding hydrogens is 230 g/mol. The Balaban J connectivity index is 2.46. The molecule has 6 nitrogen and oxygen atoms in total. The summed E-state index contributed by atoms with van der Waals surface area (Å²) in [7, 11) is 3.48. The van der Waals surface area contributed by atoms with Gasteiger partial charge in [0, 0.05) is 26.8 Å². The van der Waals surface area contributed by atoms with Gasteiger partial charge in [0.25, 0.3) is 0 Å². The highest BCUT2D eigenvalue weighted by Gasteiger charge is 2.10. The minimum atomic E-state index is 0.463. The molecule has 0 aliphatic heterocycles. The third-order valence-corrected chi connectivity index (χ3v) is 2.61. The van der Waals surface area contributed by atoms with Gasteiger partial charge in [0.05, 0.1) is 24.8 Å². The van der Waals surface area contributed by atoms with E-state index in [4.69, 9.17) is 4.74 Å². The number of ether oxygens (including phenoxy) is 1. The molecule has 0 saturated heterocycles. The first-order valence-electron chi connectivity index (χ1n) is 5.83. The van der Waals surface area contributed by atoms with Crippen LogP contribution in [0.5, 0.6) is 0 Å². The van der Waals surface area contributed by atoms with Crippen molar-refractivity contribution < 1.29 is 4.74 Å². The lowest BCUT2D eigenvalue weighted by Crippen LogP contribution is -2.04. The first-order chi connectivity index (χ1) is 8.78. The lowest BCUT2D eigenvalue weighted by molar-refractivity contribution is 0.181. The molecule has 0 saturated carbocycles. The monoisotopic (exact) mass is 247 g/mol. The second-order valence-electron chi connectivity index (χ2n) is 3.82. The second-order valence-corrected chi connectivity index (χ2v) is 3.82. The molecule has 0 spiro atoms. The van der Waals surface area contributed by atoms with Gasteiger partial charge in [-0.3, -0.25) is 0 Å². The van der Waals surface area contributed by atoms with Crippen LogP contribution >= 0.6 is 0 Å². The molecule has 2 heterocycles. The number of nitrogens with zero attached hydrogens (tertiary/aromatic N) is 4. The van der Waals surface area contributed by atoms with Crippen LogP contribution in [0.4, 0.5) is 5.82 Å². The number of methoxy groups -OCH3 is 1. The Morgan fingerprint density at radius 1 is 1.39 bits per heavy atom. The maximum absolute atomic E-state index is 5.12. The van der Waals surface area contributed by atoms with Crippen molar-refractivity contribution >= 4 is 5.82 Å². The van der Waals surface area contributed by atoms with Gasteiger partial charge >= 0.3 is 0 Å². The maximum Gasteiger partial charge on any atom is 0.180 e. The summed E-state index contributed by atoms with van der Waals surface area (Å²) in [4.78, 5) is 13.1. The van der Waals surface area contributed by atoms with Crippen molar-refractivity contribution in [2.45, 2.75) is 20.1 Å². The Hall–Kier alpha value is -1.95. The predicted molar refractivity (Wildman–Crippen MR) is 69.2 cm³/mol. The van der Waals surface area contributed by atoms with Crippen LogP contribution in [-0.2, 0) is 17.9 Å². The lowest BCUT2D eigenvalue weighted by Gasteiger charge is -2.08. The SMILES string of the molecule is CCn1cncc1-c1nc(COC)cc(NC)n1. The predicted octanol–water partition coefficient (Wildman–Crippen LogP) is 1.55. The standard InChI is InChI=1S/C12H17N5O/c1-4-17-8-14-6-10(17)12-15-9(7-18-3)5-11(13-2)16-12/h5-6,8H,4,7H2,1-3H3,(H,13,15,16). The summed E-state index contributed by atoms with van der Waals surface area (Å²) < 4.78 is 7.12. The van der Waals surface area contributed by atoms with Crippen LogP contribution in [-0.4, -0.2) is 33.7 Å². The Morgan fingerprint density at radius 3 is 2.89 bits per heavy atom. The van der Waals surface area contributed by atoms with E-state index < -0.39 is 0 Å². The maximum atomic E-state index is 5.12. The molecule has 18 heavy (non-hydrogen) atoms. The van der Waals surface area contributed by atoms with Gasteiger partial charge in [0.15, 0.2) is 5.82 Å². The fraction of sp³-hybridized carbons (Fsp3) is 0.417. The molecule has 0 aliphatic carbocycles. The number of aryl methyl sites for hydroxylation is 1. The molecule has 0 bridgehead atoms. The first kappa shape index (κ1) is 12.5. The van der Waals surface area contributed by atoms with E-state index in [0.29, 0.717) is 12.4 Å². The van der Waals surface area contributed by atoms with Gasteiger partial charge in [-0.15, -0.1) is 0 Å². The van der Waals surface area contributed by atoms with Crippen molar-refractivity contribution in [2.24, 2.45) is 0 Å². The molecule has 1 N–H and O–H groups in total. The van der Waals surface area contributed by atoms with Gasteiger partial charge in [0.2, 0.25) is 0 Å². The van der Waals surface area contributed by atoms with Crippen molar-refractivity contribution in [1.29, 1.82) is 0 Å². The summed E-state index contributed by atoms with van der Waals surface area (Å²) in [5.74, 6) is 1.43. The number of hydrogen-bond acceptors (Lipinski definition) is 5. The molecule has 2 aromatic heterocycles. The Morgan fingerprint density at radius 2 is 2.22 bits per heavy atom. The molecule has 0 unspecified atom stereocenters. The van der Waals surface area contributed by atoms with Crippen LogP contribution in [0.2, 0.25) is 0 Å². The zero-order valence-corrected chi connectivity index (χ0v) is 10.8. The average molecular weight is 247 g/mol. The van der Waals surface area contributed by atoms with Crippen molar-refractivity contribution in [3.05, 3.63) is 24.3 Å². The topological polar surface area (TPSA) is 64.9 Å². The minimum absolute atomic E-state index is 0.463. The molecule has 0 amide bonds. The molecule has 0 aliphatic rings. The van der Waals surface area contributed by atoms with Gasteiger partial charge in [-0.1, -0.05) is 0 Å². The van der Waals surface area contributed by atoms with E-state index in [1.165, 1.54) is 0 Å². The Kier molecular flexibility index (Phi) is 3.88. The summed E-state index contributed by atoms with van der Waals surface area (Å²) in [6, 6.07) is 1.87. The largest absolute Gasteiger partial charge is 0.378 e. The molecule has 0 fully saturated rings. The van der Waals surface area contributed by atoms with Gasteiger partial charge < -0.3 is 14.6 Å². The van der Waals surface area contributed by atoms with Crippen molar-refractivity contribution in [3.8, 4) is 11.5 Å². The van der Waals surface area contributed by atoms with E-state index in [9.17, 15) is 0 Å². The van der Waals surface area contributed by atoms with E-state index in [0.717, 1.165) is 23.8 Å². The zero-order chi connectivity index (χ0) is 13.0. The molecule has 2 rings (SSSR count). The van der Waals surface area contributed by atoms with E-state index in [2.05, 4.69) is 27.2 Å². The molecule has 0 aromatic carbocycles.